The number of rotatable bonds is 3. The summed E-state index contributed by atoms with van der Waals surface area (Å²) < 4.78 is 0. The third-order valence-electron chi connectivity index (χ3n) is 2.09. The van der Waals surface area contributed by atoms with Crippen molar-refractivity contribution in [3.63, 3.8) is 0 Å². The van der Waals surface area contributed by atoms with Gasteiger partial charge in [0.05, 0.1) is 11.6 Å². The molecule has 0 heterocycles. The highest BCUT2D eigenvalue weighted by Crippen LogP contribution is 2.16. The van der Waals surface area contributed by atoms with E-state index in [9.17, 15) is 9.59 Å². The van der Waals surface area contributed by atoms with E-state index in [1.165, 1.54) is 12.1 Å². The van der Waals surface area contributed by atoms with Crippen LogP contribution in [0.5, 0.6) is 0 Å². The Bertz CT molecular complexity index is 510. The predicted octanol–water partition coefficient (Wildman–Crippen LogP) is 1.78. The molecule has 0 spiro atoms. The first-order chi connectivity index (χ1) is 7.58. The molecule has 0 aliphatic rings. The zero-order chi connectivity index (χ0) is 12.1. The number of nitrogens with zero attached hydrogens (tertiary/aromatic N) is 1. The average molecular weight is 215 g/mol. The number of aliphatic carboxylic acids is 1. The van der Waals surface area contributed by atoms with Crippen molar-refractivity contribution in [1.82, 2.24) is 0 Å². The van der Waals surface area contributed by atoms with Crippen LogP contribution in [0, 0.1) is 18.3 Å². The van der Waals surface area contributed by atoms with E-state index in [0.29, 0.717) is 17.4 Å². The summed E-state index contributed by atoms with van der Waals surface area (Å²) in [6, 6.07) is 4.95. The lowest BCUT2D eigenvalue weighted by atomic mass is 10.00. The molecule has 16 heavy (non-hydrogen) atoms. The third-order valence-corrected chi connectivity index (χ3v) is 2.09. The van der Waals surface area contributed by atoms with Crippen LogP contribution in [-0.4, -0.2) is 17.4 Å². The van der Waals surface area contributed by atoms with Gasteiger partial charge in [0.25, 0.3) is 0 Å². The van der Waals surface area contributed by atoms with Crippen molar-refractivity contribution in [2.75, 3.05) is 0 Å². The topological polar surface area (TPSA) is 78.2 Å². The number of aryl methyl sites for hydroxylation is 1. The Morgan fingerprint density at radius 2 is 2.12 bits per heavy atom. The van der Waals surface area contributed by atoms with Crippen LogP contribution in [0.4, 0.5) is 0 Å². The van der Waals surface area contributed by atoms with Crippen molar-refractivity contribution in [2.24, 2.45) is 0 Å². The van der Waals surface area contributed by atoms with Crippen LogP contribution in [-0.2, 0) is 4.79 Å². The molecule has 1 N–H and O–H groups in total. The zero-order valence-corrected chi connectivity index (χ0v) is 8.60. The smallest absolute Gasteiger partial charge is 0.328 e. The molecule has 1 rings (SSSR count). The maximum Gasteiger partial charge on any atom is 0.328 e. The summed E-state index contributed by atoms with van der Waals surface area (Å²) in [6.07, 6.45) is 2.99. The number of carbonyl (C=O) groups excluding carboxylic acids is 1. The minimum atomic E-state index is -1.06. The monoisotopic (exact) mass is 215 g/mol. The van der Waals surface area contributed by atoms with E-state index in [1.54, 1.807) is 13.0 Å². The number of carboxylic acids is 1. The van der Waals surface area contributed by atoms with Crippen molar-refractivity contribution >= 4 is 18.3 Å². The molecule has 0 unspecified atom stereocenters. The van der Waals surface area contributed by atoms with Gasteiger partial charge in [-0.15, -0.1) is 0 Å². The van der Waals surface area contributed by atoms with Crippen molar-refractivity contribution in [2.45, 2.75) is 6.92 Å². The van der Waals surface area contributed by atoms with E-state index < -0.39 is 5.97 Å². The quantitative estimate of drug-likeness (QED) is 0.615. The number of aldehydes is 1. The lowest BCUT2D eigenvalue weighted by Gasteiger charge is -2.03. The van der Waals surface area contributed by atoms with Gasteiger partial charge in [-0.3, -0.25) is 4.79 Å². The summed E-state index contributed by atoms with van der Waals surface area (Å²) in [4.78, 5) is 21.0. The number of hydrogen-bond acceptors (Lipinski definition) is 3. The van der Waals surface area contributed by atoms with Gasteiger partial charge in [-0.05, 0) is 36.3 Å². The Kier molecular flexibility index (Phi) is 3.57. The van der Waals surface area contributed by atoms with Crippen molar-refractivity contribution in [1.29, 1.82) is 5.26 Å². The molecule has 0 radical (unpaired) electrons. The van der Waals surface area contributed by atoms with E-state index in [4.69, 9.17) is 10.4 Å². The highest BCUT2D eigenvalue weighted by Gasteiger charge is 2.04. The van der Waals surface area contributed by atoms with Gasteiger partial charge in [0.2, 0.25) is 0 Å². The van der Waals surface area contributed by atoms with Gasteiger partial charge >= 0.3 is 5.97 Å². The Balaban J connectivity index is 3.28. The number of carboxylic acid groups (broad SMARTS) is 1. The molecule has 4 heteroatoms. The summed E-state index contributed by atoms with van der Waals surface area (Å²) in [7, 11) is 0. The normalized spacial score (nSPS) is 10.0. The molecule has 0 amide bonds. The SMILES string of the molecule is Cc1cc(C=O)c(C#N)cc1/C=C/C(=O)O. The van der Waals surface area contributed by atoms with Gasteiger partial charge < -0.3 is 5.11 Å². The number of nitriles is 1. The van der Waals surface area contributed by atoms with Crippen LogP contribution in [0.3, 0.4) is 0 Å². The van der Waals surface area contributed by atoms with Crippen LogP contribution in [0.15, 0.2) is 18.2 Å². The zero-order valence-electron chi connectivity index (χ0n) is 8.60. The maximum atomic E-state index is 10.7. The molecule has 0 saturated carbocycles. The molecule has 0 atom stereocenters. The average Bonchev–Trinajstić information content (AvgIpc) is 2.26. The maximum absolute atomic E-state index is 10.7. The Morgan fingerprint density at radius 1 is 1.44 bits per heavy atom. The largest absolute Gasteiger partial charge is 0.478 e. The second-order valence-electron chi connectivity index (χ2n) is 3.20. The fourth-order valence-corrected chi connectivity index (χ4v) is 1.28. The molecule has 0 saturated heterocycles. The van der Waals surface area contributed by atoms with Crippen LogP contribution >= 0.6 is 0 Å². The molecule has 0 aromatic heterocycles. The summed E-state index contributed by atoms with van der Waals surface area (Å²) in [5.74, 6) is -1.06. The van der Waals surface area contributed by atoms with Crippen molar-refractivity contribution in [3.05, 3.63) is 40.5 Å². The molecule has 0 fully saturated rings. The van der Waals surface area contributed by atoms with E-state index in [-0.39, 0.29) is 5.56 Å². The third kappa shape index (κ3) is 2.55. The van der Waals surface area contributed by atoms with E-state index in [1.807, 2.05) is 6.07 Å². The summed E-state index contributed by atoms with van der Waals surface area (Å²) >= 11 is 0. The Morgan fingerprint density at radius 3 is 2.62 bits per heavy atom. The lowest BCUT2D eigenvalue weighted by Crippen LogP contribution is -1.93. The minimum Gasteiger partial charge on any atom is -0.478 e. The van der Waals surface area contributed by atoms with Crippen LogP contribution in [0.25, 0.3) is 6.08 Å². The minimum absolute atomic E-state index is 0.241. The molecule has 4 nitrogen and oxygen atoms in total. The Labute approximate surface area is 92.4 Å². The van der Waals surface area contributed by atoms with Crippen LogP contribution < -0.4 is 0 Å². The molecule has 0 bridgehead atoms. The fourth-order valence-electron chi connectivity index (χ4n) is 1.28. The standard InChI is InChI=1S/C12H9NO3/c1-8-4-11(7-14)10(6-13)5-9(8)2-3-12(15)16/h2-5,7H,1H3,(H,15,16)/b3-2+. The van der Waals surface area contributed by atoms with Gasteiger partial charge in [0.15, 0.2) is 6.29 Å². The highest BCUT2D eigenvalue weighted by atomic mass is 16.4. The summed E-state index contributed by atoms with van der Waals surface area (Å²) in [6.45, 7) is 1.75. The number of carbonyl (C=O) groups is 2. The van der Waals surface area contributed by atoms with Crippen molar-refractivity contribution < 1.29 is 14.7 Å². The second-order valence-corrected chi connectivity index (χ2v) is 3.20. The summed E-state index contributed by atoms with van der Waals surface area (Å²) in [5.41, 5.74) is 1.92. The predicted molar refractivity (Wildman–Crippen MR) is 58.0 cm³/mol. The Hall–Kier alpha value is -2.41. The second kappa shape index (κ2) is 4.89. The highest BCUT2D eigenvalue weighted by molar-refractivity contribution is 5.86. The number of benzene rings is 1. The van der Waals surface area contributed by atoms with Gasteiger partial charge in [0.1, 0.15) is 0 Å². The van der Waals surface area contributed by atoms with Crippen LogP contribution in [0.1, 0.15) is 27.0 Å². The molecule has 0 aliphatic heterocycles. The van der Waals surface area contributed by atoms with Gasteiger partial charge in [0, 0.05) is 11.6 Å². The fraction of sp³-hybridized carbons (Fsp3) is 0.0833. The van der Waals surface area contributed by atoms with Gasteiger partial charge in [-0.2, -0.15) is 5.26 Å². The van der Waals surface area contributed by atoms with Crippen LogP contribution in [0.2, 0.25) is 0 Å². The van der Waals surface area contributed by atoms with Gasteiger partial charge in [-0.25, -0.2) is 4.79 Å². The van der Waals surface area contributed by atoms with Gasteiger partial charge in [-0.1, -0.05) is 0 Å². The summed E-state index contributed by atoms with van der Waals surface area (Å²) in [5, 5.41) is 17.3. The van der Waals surface area contributed by atoms with Crippen molar-refractivity contribution in [3.8, 4) is 6.07 Å². The van der Waals surface area contributed by atoms with E-state index in [2.05, 4.69) is 0 Å². The molecule has 1 aromatic carbocycles. The first-order valence-electron chi connectivity index (χ1n) is 4.49. The molecular weight excluding hydrogens is 206 g/mol. The molecule has 80 valence electrons. The van der Waals surface area contributed by atoms with E-state index >= 15 is 0 Å². The lowest BCUT2D eigenvalue weighted by molar-refractivity contribution is -0.131. The molecular formula is C12H9NO3. The molecule has 0 aliphatic carbocycles. The molecule has 1 aromatic rings. The first kappa shape index (κ1) is 11.7. The number of hydrogen-bond donors (Lipinski definition) is 1. The van der Waals surface area contributed by atoms with E-state index in [0.717, 1.165) is 11.6 Å². The first-order valence-corrected chi connectivity index (χ1v) is 4.49.